The molecule has 7 N–H and O–H groups in total. The van der Waals surface area contributed by atoms with Crippen molar-refractivity contribution in [3.8, 4) is 17.2 Å². The molecule has 0 spiro atoms. The molecule has 4 aromatic carbocycles. The number of ketones is 1. The van der Waals surface area contributed by atoms with Gasteiger partial charge in [0.15, 0.2) is 11.4 Å². The number of aliphatic hydroxyl groups excluding tert-OH is 4. The first kappa shape index (κ1) is 41.1. The van der Waals surface area contributed by atoms with Crippen LogP contribution >= 0.6 is 0 Å². The summed E-state index contributed by atoms with van der Waals surface area (Å²) in [5.41, 5.74) is 2.27. The molecule has 1 aliphatic carbocycles. The summed E-state index contributed by atoms with van der Waals surface area (Å²) >= 11 is 0. The molecule has 5 aromatic rings. The van der Waals surface area contributed by atoms with Crippen molar-refractivity contribution in [3.63, 3.8) is 0 Å². The van der Waals surface area contributed by atoms with Gasteiger partial charge in [0.1, 0.15) is 41.7 Å². The lowest BCUT2D eigenvalue weighted by Gasteiger charge is -2.47. The van der Waals surface area contributed by atoms with Crippen LogP contribution < -0.4 is 9.47 Å². The molecular weight excluding hydrogens is 785 g/mol. The molecule has 1 aromatic heterocycles. The zero-order valence-corrected chi connectivity index (χ0v) is 33.8. The number of hydrogen-bond donors (Lipinski definition) is 7. The number of aromatic amines is 1. The highest BCUT2D eigenvalue weighted by atomic mass is 16.7. The van der Waals surface area contributed by atoms with Gasteiger partial charge in [-0.05, 0) is 90.1 Å². The van der Waals surface area contributed by atoms with Crippen LogP contribution in [0.15, 0.2) is 66.9 Å². The number of hydrogen-bond acceptors (Lipinski definition) is 12. The van der Waals surface area contributed by atoms with Crippen molar-refractivity contribution in [2.75, 3.05) is 33.5 Å². The molecule has 14 nitrogen and oxygen atoms in total. The van der Waals surface area contributed by atoms with Crippen LogP contribution in [-0.4, -0.2) is 116 Å². The largest absolute Gasteiger partial charge is 0.506 e. The monoisotopic (exact) mass is 834 g/mol. The standard InChI is InChI=1S/C47H50N2O12/c1-58-37-19-28-18-31(26-8-2-3-9-26)40(35(52)22-49-21-27-10-4-5-11-29(27)45(49)56)42(54)39(28)43-30(37)13-15-36(33-20-48-34-14-12-25(7-6-16-50)17-32(33)34)59-23-38-41(53)44(55)47(57,24-51)46(60-38)61-43/h4-5,10-15,17-20,26,36,38,41,44,46,48,50-51,53-55,57H,2-3,6-9,16,21-24H2,1H3. The Hall–Kier alpha value is -5.32. The average molecular weight is 835 g/mol. The molecule has 1 saturated heterocycles. The van der Waals surface area contributed by atoms with Crippen molar-refractivity contribution >= 4 is 39.4 Å². The van der Waals surface area contributed by atoms with Crippen molar-refractivity contribution in [1.82, 2.24) is 9.88 Å². The Labute approximate surface area is 351 Å². The number of ether oxygens (including phenoxy) is 4. The van der Waals surface area contributed by atoms with Gasteiger partial charge in [-0.25, -0.2) is 0 Å². The Morgan fingerprint density at radius 2 is 1.85 bits per heavy atom. The van der Waals surface area contributed by atoms with Gasteiger partial charge in [0.25, 0.3) is 5.91 Å². The summed E-state index contributed by atoms with van der Waals surface area (Å²) in [6, 6.07) is 16.7. The van der Waals surface area contributed by atoms with Crippen LogP contribution in [0.3, 0.4) is 0 Å². The number of aliphatic hydroxyl groups is 5. The summed E-state index contributed by atoms with van der Waals surface area (Å²) in [7, 11) is 1.47. The second kappa shape index (κ2) is 16.5. The van der Waals surface area contributed by atoms with Gasteiger partial charge < -0.3 is 59.5 Å². The third-order valence-corrected chi connectivity index (χ3v) is 12.9. The number of phenols is 1. The summed E-state index contributed by atoms with van der Waals surface area (Å²) in [5.74, 6) is -1.01. The molecule has 1 saturated carbocycles. The minimum atomic E-state index is -2.56. The number of nitrogens with one attached hydrogen (secondary N) is 1. The molecule has 4 heterocycles. The summed E-state index contributed by atoms with van der Waals surface area (Å²) in [6.45, 7) is -1.37. The van der Waals surface area contributed by atoms with E-state index in [2.05, 4.69) is 4.98 Å². The molecule has 2 bridgehead atoms. The number of H-pyrrole nitrogens is 1. The Morgan fingerprint density at radius 1 is 1.05 bits per heavy atom. The second-order valence-electron chi connectivity index (χ2n) is 16.6. The van der Waals surface area contributed by atoms with Crippen LogP contribution in [0.5, 0.6) is 17.2 Å². The normalized spacial score (nSPS) is 25.4. The molecule has 6 atom stereocenters. The maximum absolute atomic E-state index is 14.6. The molecule has 1 amide bonds. The Bertz CT molecular complexity index is 2530. The van der Waals surface area contributed by atoms with Gasteiger partial charge in [0.05, 0.1) is 43.4 Å². The topological polar surface area (TPSA) is 211 Å². The molecule has 61 heavy (non-hydrogen) atoms. The molecule has 14 heteroatoms. The summed E-state index contributed by atoms with van der Waals surface area (Å²) in [6.07, 6.45) is 2.34. The summed E-state index contributed by atoms with van der Waals surface area (Å²) < 4.78 is 25.2. The summed E-state index contributed by atoms with van der Waals surface area (Å²) in [5, 5.41) is 68.5. The Balaban J connectivity index is 1.23. The van der Waals surface area contributed by atoms with E-state index in [1.807, 2.05) is 42.6 Å². The zero-order chi connectivity index (χ0) is 42.6. The van der Waals surface area contributed by atoms with E-state index in [-0.39, 0.29) is 60.4 Å². The van der Waals surface area contributed by atoms with Crippen molar-refractivity contribution in [2.45, 2.75) is 87.3 Å². The van der Waals surface area contributed by atoms with Gasteiger partial charge in [-0.15, -0.1) is 0 Å². The maximum Gasteiger partial charge on any atom is 0.254 e. The fraction of sp³-hybridized carbons (Fsp3) is 0.404. The minimum absolute atomic E-state index is 0.0461. The van der Waals surface area contributed by atoms with Crippen molar-refractivity contribution < 1.29 is 59.2 Å². The van der Waals surface area contributed by atoms with Crippen LogP contribution in [0.2, 0.25) is 0 Å². The van der Waals surface area contributed by atoms with Crippen molar-refractivity contribution in [1.29, 1.82) is 0 Å². The van der Waals surface area contributed by atoms with E-state index in [4.69, 9.17) is 18.9 Å². The van der Waals surface area contributed by atoms with E-state index < -0.39 is 54.4 Å². The number of amides is 1. The van der Waals surface area contributed by atoms with Gasteiger partial charge in [-0.2, -0.15) is 0 Å². The summed E-state index contributed by atoms with van der Waals surface area (Å²) in [4.78, 5) is 32.9. The van der Waals surface area contributed by atoms with E-state index in [0.29, 0.717) is 35.1 Å². The number of phenolic OH excluding ortho intramolecular Hbond substituents is 1. The van der Waals surface area contributed by atoms with Crippen LogP contribution in [0.25, 0.3) is 27.8 Å². The first-order chi connectivity index (χ1) is 29.5. The van der Waals surface area contributed by atoms with Gasteiger partial charge >= 0.3 is 0 Å². The van der Waals surface area contributed by atoms with Crippen molar-refractivity contribution in [2.24, 2.45) is 0 Å². The number of aryl methyl sites for hydroxylation is 1. The molecule has 4 aliphatic rings. The first-order valence-corrected chi connectivity index (χ1v) is 20.9. The van der Waals surface area contributed by atoms with Crippen LogP contribution in [0, 0.1) is 0 Å². The lowest BCUT2D eigenvalue weighted by atomic mass is 9.86. The van der Waals surface area contributed by atoms with E-state index >= 15 is 0 Å². The molecule has 9 rings (SSSR count). The fourth-order valence-corrected chi connectivity index (χ4v) is 9.56. The quantitative estimate of drug-likeness (QED) is 0.0948. The molecule has 320 valence electrons. The number of methoxy groups -OCH3 is 1. The van der Waals surface area contributed by atoms with E-state index in [1.165, 1.54) is 12.0 Å². The Morgan fingerprint density at radius 3 is 2.61 bits per heavy atom. The molecule has 2 fully saturated rings. The first-order valence-electron chi connectivity index (χ1n) is 20.9. The maximum atomic E-state index is 14.6. The molecule has 6 unspecified atom stereocenters. The predicted molar refractivity (Wildman–Crippen MR) is 224 cm³/mol. The van der Waals surface area contributed by atoms with Gasteiger partial charge in [-0.3, -0.25) is 9.59 Å². The predicted octanol–water partition coefficient (Wildman–Crippen LogP) is 4.79. The number of aromatic hydroxyl groups is 1. The highest BCUT2D eigenvalue weighted by Crippen LogP contribution is 2.50. The van der Waals surface area contributed by atoms with Gasteiger partial charge in [-0.1, -0.05) is 43.2 Å². The number of nitrogens with zero attached hydrogens (tertiary/aromatic N) is 1. The lowest BCUT2D eigenvalue weighted by Crippen LogP contribution is -2.69. The number of benzene rings is 4. The van der Waals surface area contributed by atoms with Crippen molar-refractivity contribution in [3.05, 3.63) is 106 Å². The highest BCUT2D eigenvalue weighted by Gasteiger charge is 2.56. The fourth-order valence-electron chi connectivity index (χ4n) is 9.56. The number of fused-ring (bicyclic) bond motifs is 7. The van der Waals surface area contributed by atoms with E-state index in [0.717, 1.165) is 53.3 Å². The second-order valence-corrected chi connectivity index (χ2v) is 16.6. The molecule has 3 aliphatic heterocycles. The zero-order valence-electron chi connectivity index (χ0n) is 33.8. The third kappa shape index (κ3) is 7.15. The lowest BCUT2D eigenvalue weighted by molar-refractivity contribution is -0.329. The van der Waals surface area contributed by atoms with Gasteiger partial charge in [0, 0.05) is 41.4 Å². The third-order valence-electron chi connectivity index (χ3n) is 12.9. The average Bonchev–Trinajstić information content (AvgIpc) is 4.03. The number of aromatic nitrogens is 1. The van der Waals surface area contributed by atoms with Gasteiger partial charge in [0.2, 0.25) is 6.29 Å². The smallest absolute Gasteiger partial charge is 0.254 e. The Kier molecular flexibility index (Phi) is 11.1. The minimum Gasteiger partial charge on any atom is -0.506 e. The molecule has 0 radical (unpaired) electrons. The number of carbonyl (C=O) groups is 2. The van der Waals surface area contributed by atoms with E-state index in [1.54, 1.807) is 30.4 Å². The highest BCUT2D eigenvalue weighted by molar-refractivity contribution is 6.11. The van der Waals surface area contributed by atoms with Crippen LogP contribution in [0.4, 0.5) is 0 Å². The van der Waals surface area contributed by atoms with E-state index in [9.17, 15) is 40.2 Å². The number of carbonyl (C=O) groups excluding carboxylic acids is 2. The number of rotatable bonds is 10. The van der Waals surface area contributed by atoms with Crippen LogP contribution in [0.1, 0.15) is 92.7 Å². The van der Waals surface area contributed by atoms with Crippen LogP contribution in [-0.2, 0) is 22.4 Å². The number of Topliss-reactive ketones (excluding diaryl/α,β-unsaturated/α-hetero) is 1. The SMILES string of the molecule is COc1cc2cc(C3CCCC3)c(C(=O)CN3Cc4ccccc4C3=O)c(O)c2c2c1C=CC(c1c[nH]c3ccc(CCCO)cc13)OCC1OC(O2)C(O)(CO)C(O)C1O. The molecular formula is C47H50N2O12.